The highest BCUT2D eigenvalue weighted by atomic mass is 16.5. The second kappa shape index (κ2) is 3.61. The quantitative estimate of drug-likeness (QED) is 0.494. The molecule has 0 bridgehead atoms. The number of hydrogen-bond acceptors (Lipinski definition) is 3. The van der Waals surface area contributed by atoms with E-state index in [4.69, 9.17) is 0 Å². The van der Waals surface area contributed by atoms with Crippen LogP contribution in [0.3, 0.4) is 0 Å². The summed E-state index contributed by atoms with van der Waals surface area (Å²) in [6, 6.07) is 0. The Morgan fingerprint density at radius 3 is 2.57 bits per heavy atom. The number of rotatable bonds is 2. The predicted octanol–water partition coefficient (Wildman–Crippen LogP) is -0.112. The molecule has 0 unspecified atom stereocenters. The Bertz CT molecular complexity index is 62.7. The molecule has 0 aliphatic rings. The van der Waals surface area contributed by atoms with E-state index >= 15 is 0 Å². The van der Waals surface area contributed by atoms with Gasteiger partial charge in [-0.15, -0.1) is 0 Å². The summed E-state index contributed by atoms with van der Waals surface area (Å²) >= 11 is 0. The van der Waals surface area contributed by atoms with Gasteiger partial charge in [0.05, 0.1) is 0 Å². The van der Waals surface area contributed by atoms with E-state index in [0.29, 0.717) is 0 Å². The molecule has 0 amide bonds. The molecular formula is C4H8NO2. The van der Waals surface area contributed by atoms with E-state index in [0.717, 1.165) is 0 Å². The van der Waals surface area contributed by atoms with Gasteiger partial charge in [0.1, 0.15) is 0 Å². The zero-order chi connectivity index (χ0) is 5.70. The Balaban J connectivity index is 2.82. The average Bonchev–Trinajstić information content (AvgIpc) is 1.61. The number of ether oxygens (including phenoxy) is 1. The molecular weight excluding hydrogens is 94.0 g/mol. The topological polar surface area (TPSA) is 38.3 Å². The van der Waals surface area contributed by atoms with E-state index in [9.17, 15) is 4.79 Å². The van der Waals surface area contributed by atoms with E-state index in [1.54, 1.807) is 7.05 Å². The first-order valence-corrected chi connectivity index (χ1v) is 1.93. The number of carbonyl (C=O) groups is 1. The van der Waals surface area contributed by atoms with Crippen molar-refractivity contribution in [2.24, 2.45) is 0 Å². The van der Waals surface area contributed by atoms with Gasteiger partial charge in [0.15, 0.2) is 0 Å². The Morgan fingerprint density at radius 1 is 1.86 bits per heavy atom. The molecule has 0 aromatic heterocycles. The molecule has 0 atom stereocenters. The number of nitrogens with one attached hydrogen (secondary N) is 1. The van der Waals surface area contributed by atoms with E-state index < -0.39 is 0 Å². The van der Waals surface area contributed by atoms with Gasteiger partial charge < -0.3 is 4.74 Å². The molecule has 0 aromatic carbocycles. The molecule has 0 aliphatic heterocycles. The maximum atomic E-state index is 9.91. The summed E-state index contributed by atoms with van der Waals surface area (Å²) in [7, 11) is 1.66. The van der Waals surface area contributed by atoms with Crippen molar-refractivity contribution < 1.29 is 9.53 Å². The van der Waals surface area contributed by atoms with Crippen molar-refractivity contribution in [2.45, 2.75) is 6.92 Å². The van der Waals surface area contributed by atoms with Crippen LogP contribution in [0.4, 0.5) is 0 Å². The lowest BCUT2D eigenvalue weighted by Gasteiger charge is -1.93. The van der Waals surface area contributed by atoms with Crippen LogP contribution in [-0.2, 0) is 9.53 Å². The molecule has 0 fully saturated rings. The maximum Gasteiger partial charge on any atom is 0.304 e. The summed E-state index contributed by atoms with van der Waals surface area (Å²) in [5, 5.41) is 2.53. The Labute approximate surface area is 42.7 Å². The van der Waals surface area contributed by atoms with Gasteiger partial charge in [0, 0.05) is 6.92 Å². The minimum absolute atomic E-state index is 0.311. The van der Waals surface area contributed by atoms with E-state index in [-0.39, 0.29) is 5.97 Å². The highest BCUT2D eigenvalue weighted by molar-refractivity contribution is 5.66. The average molecular weight is 102 g/mol. The van der Waals surface area contributed by atoms with Crippen LogP contribution in [0.15, 0.2) is 0 Å². The molecule has 0 aromatic rings. The van der Waals surface area contributed by atoms with Crippen molar-refractivity contribution in [1.82, 2.24) is 5.32 Å². The number of esters is 1. The Kier molecular flexibility index (Phi) is 3.32. The summed E-state index contributed by atoms with van der Waals surface area (Å²) < 4.78 is 4.32. The summed E-state index contributed by atoms with van der Waals surface area (Å²) in [5.74, 6) is -0.311. The van der Waals surface area contributed by atoms with Crippen LogP contribution in [0.2, 0.25) is 0 Å². The number of hydrogen-bond donors (Lipinski definition) is 1. The lowest BCUT2D eigenvalue weighted by molar-refractivity contribution is -0.138. The molecule has 0 saturated carbocycles. The first-order valence-electron chi connectivity index (χ1n) is 1.93. The lowest BCUT2D eigenvalue weighted by atomic mass is 10.8. The first-order chi connectivity index (χ1) is 3.27. The van der Waals surface area contributed by atoms with Gasteiger partial charge in [-0.05, 0) is 7.05 Å². The van der Waals surface area contributed by atoms with Crippen LogP contribution in [0, 0.1) is 6.73 Å². The van der Waals surface area contributed by atoms with Gasteiger partial charge in [0.25, 0.3) is 0 Å². The van der Waals surface area contributed by atoms with Crippen molar-refractivity contribution in [3.8, 4) is 0 Å². The van der Waals surface area contributed by atoms with Crippen LogP contribution in [0.1, 0.15) is 6.92 Å². The Morgan fingerprint density at radius 2 is 2.43 bits per heavy atom. The van der Waals surface area contributed by atoms with Crippen molar-refractivity contribution >= 4 is 5.97 Å². The molecule has 1 N–H and O–H groups in total. The van der Waals surface area contributed by atoms with Crippen LogP contribution in [-0.4, -0.2) is 13.0 Å². The predicted molar refractivity (Wildman–Crippen MR) is 25.1 cm³/mol. The van der Waals surface area contributed by atoms with Gasteiger partial charge in [0.2, 0.25) is 6.73 Å². The minimum atomic E-state index is -0.311. The van der Waals surface area contributed by atoms with E-state index in [2.05, 4.69) is 10.1 Å². The second-order valence-electron chi connectivity index (χ2n) is 1.02. The fourth-order valence-corrected chi connectivity index (χ4v) is 0.142. The standard InChI is InChI=1S/C4H8NO2/c1-4(6)7-3-5-2/h3,5H,1-2H3. The van der Waals surface area contributed by atoms with Crippen molar-refractivity contribution in [2.75, 3.05) is 7.05 Å². The van der Waals surface area contributed by atoms with Gasteiger partial charge in [-0.25, -0.2) is 0 Å². The van der Waals surface area contributed by atoms with Crippen LogP contribution in [0.25, 0.3) is 0 Å². The molecule has 0 spiro atoms. The van der Waals surface area contributed by atoms with Gasteiger partial charge in [-0.1, -0.05) is 0 Å². The van der Waals surface area contributed by atoms with Gasteiger partial charge in [-0.3, -0.25) is 10.1 Å². The van der Waals surface area contributed by atoms with Gasteiger partial charge in [-0.2, -0.15) is 0 Å². The molecule has 3 heteroatoms. The maximum absolute atomic E-state index is 9.91. The van der Waals surface area contributed by atoms with Crippen molar-refractivity contribution in [3.05, 3.63) is 6.73 Å². The van der Waals surface area contributed by atoms with E-state index in [1.165, 1.54) is 13.7 Å². The zero-order valence-corrected chi connectivity index (χ0v) is 4.39. The van der Waals surface area contributed by atoms with Crippen LogP contribution in [0.5, 0.6) is 0 Å². The van der Waals surface area contributed by atoms with Crippen molar-refractivity contribution in [3.63, 3.8) is 0 Å². The monoisotopic (exact) mass is 102 g/mol. The van der Waals surface area contributed by atoms with Gasteiger partial charge >= 0.3 is 5.97 Å². The summed E-state index contributed by atoms with van der Waals surface area (Å²) in [6.45, 7) is 2.57. The molecule has 0 saturated heterocycles. The fraction of sp³-hybridized carbons (Fsp3) is 0.500. The SMILES string of the molecule is CN[CH]OC(C)=O. The molecule has 7 heavy (non-hydrogen) atoms. The highest BCUT2D eigenvalue weighted by Crippen LogP contribution is 1.73. The molecule has 0 aliphatic carbocycles. The van der Waals surface area contributed by atoms with Crippen molar-refractivity contribution in [1.29, 1.82) is 0 Å². The third-order valence-electron chi connectivity index (χ3n) is 0.343. The minimum Gasteiger partial charge on any atom is -0.441 e. The van der Waals surface area contributed by atoms with Crippen LogP contribution >= 0.6 is 0 Å². The summed E-state index contributed by atoms with van der Waals surface area (Å²) in [5.41, 5.74) is 0. The summed E-state index contributed by atoms with van der Waals surface area (Å²) in [6.07, 6.45) is 0. The fourth-order valence-electron chi connectivity index (χ4n) is 0.142. The largest absolute Gasteiger partial charge is 0.441 e. The third kappa shape index (κ3) is 5.43. The third-order valence-corrected chi connectivity index (χ3v) is 0.343. The first kappa shape index (κ1) is 6.43. The molecule has 41 valence electrons. The molecule has 1 radical (unpaired) electrons. The second-order valence-corrected chi connectivity index (χ2v) is 1.02. The van der Waals surface area contributed by atoms with Crippen LogP contribution < -0.4 is 5.32 Å². The molecule has 0 heterocycles. The zero-order valence-electron chi connectivity index (χ0n) is 4.39. The molecule has 3 nitrogen and oxygen atoms in total. The number of carbonyl (C=O) groups excluding carboxylic acids is 1. The smallest absolute Gasteiger partial charge is 0.304 e. The Hall–Kier alpha value is -0.570. The molecule has 0 rings (SSSR count). The lowest BCUT2D eigenvalue weighted by Crippen LogP contribution is -2.07. The van der Waals surface area contributed by atoms with E-state index in [1.807, 2.05) is 0 Å². The highest BCUT2D eigenvalue weighted by Gasteiger charge is 1.86. The summed E-state index contributed by atoms with van der Waals surface area (Å²) in [4.78, 5) is 9.91. The normalized spacial score (nSPS) is 8.29.